The van der Waals surface area contributed by atoms with E-state index in [-0.39, 0.29) is 0 Å². The molecule has 7 nitrogen and oxygen atoms in total. The summed E-state index contributed by atoms with van der Waals surface area (Å²) in [5.41, 5.74) is 0.628. The van der Waals surface area contributed by atoms with Crippen LogP contribution in [0.4, 0.5) is 10.5 Å². The maximum Gasteiger partial charge on any atom is 0.327 e. The first-order valence-corrected chi connectivity index (χ1v) is 7.31. The number of nitrogens with zero attached hydrogens (tertiary/aromatic N) is 2. The first-order chi connectivity index (χ1) is 10.5. The van der Waals surface area contributed by atoms with Crippen LogP contribution >= 0.6 is 0 Å². The fourth-order valence-corrected chi connectivity index (χ4v) is 2.32. The number of carbonyl (C=O) groups is 2. The number of anilines is 1. The second-order valence-corrected chi connectivity index (χ2v) is 5.46. The average Bonchev–Trinajstić information content (AvgIpc) is 2.49. The Balaban J connectivity index is 1.86. The number of hydrogen-bond donors (Lipinski definition) is 3. The number of aliphatic carboxylic acids is 1. The molecule has 120 valence electrons. The minimum atomic E-state index is -1.03. The lowest BCUT2D eigenvalue weighted by molar-refractivity contribution is -0.139. The van der Waals surface area contributed by atoms with Crippen molar-refractivity contribution < 1.29 is 14.7 Å². The molecule has 1 aromatic rings. The van der Waals surface area contributed by atoms with Crippen molar-refractivity contribution in [2.75, 3.05) is 45.1 Å². The van der Waals surface area contributed by atoms with Gasteiger partial charge < -0.3 is 20.6 Å². The zero-order valence-electron chi connectivity index (χ0n) is 12.7. The Hall–Kier alpha value is -2.12. The van der Waals surface area contributed by atoms with E-state index in [0.717, 1.165) is 26.2 Å². The van der Waals surface area contributed by atoms with Gasteiger partial charge in [-0.2, -0.15) is 0 Å². The van der Waals surface area contributed by atoms with E-state index >= 15 is 0 Å². The number of benzene rings is 1. The van der Waals surface area contributed by atoms with Crippen LogP contribution in [0.15, 0.2) is 30.3 Å². The van der Waals surface area contributed by atoms with Crippen LogP contribution in [0.3, 0.4) is 0 Å². The van der Waals surface area contributed by atoms with Gasteiger partial charge in [-0.15, -0.1) is 0 Å². The summed E-state index contributed by atoms with van der Waals surface area (Å²) in [6, 6.07) is 7.51. The molecule has 1 unspecified atom stereocenters. The van der Waals surface area contributed by atoms with Gasteiger partial charge in [-0.3, -0.25) is 4.90 Å². The van der Waals surface area contributed by atoms with Gasteiger partial charge in [-0.1, -0.05) is 18.2 Å². The minimum Gasteiger partial charge on any atom is -0.480 e. The minimum absolute atomic E-state index is 0.311. The number of likely N-dealkylation sites (N-methyl/N-ethyl adjacent to an activating group) is 1. The summed E-state index contributed by atoms with van der Waals surface area (Å²) in [4.78, 5) is 27.5. The number of rotatable bonds is 5. The number of piperazine rings is 1. The van der Waals surface area contributed by atoms with Crippen LogP contribution in [-0.2, 0) is 4.79 Å². The van der Waals surface area contributed by atoms with Crippen LogP contribution in [-0.4, -0.2) is 72.7 Å². The average molecular weight is 306 g/mol. The van der Waals surface area contributed by atoms with Gasteiger partial charge in [-0.05, 0) is 19.2 Å². The molecule has 1 atom stereocenters. The van der Waals surface area contributed by atoms with Crippen molar-refractivity contribution in [3.05, 3.63) is 30.3 Å². The predicted octanol–water partition coefficient (Wildman–Crippen LogP) is 0.509. The second-order valence-electron chi connectivity index (χ2n) is 5.46. The van der Waals surface area contributed by atoms with Crippen molar-refractivity contribution in [3.63, 3.8) is 0 Å². The molecular weight excluding hydrogens is 284 g/mol. The third-order valence-electron chi connectivity index (χ3n) is 3.67. The smallest absolute Gasteiger partial charge is 0.327 e. The number of hydrogen-bond acceptors (Lipinski definition) is 4. The van der Waals surface area contributed by atoms with Crippen molar-refractivity contribution >= 4 is 17.7 Å². The number of carboxylic acids is 1. The lowest BCUT2D eigenvalue weighted by atomic mass is 10.2. The Morgan fingerprint density at radius 2 is 1.82 bits per heavy atom. The van der Waals surface area contributed by atoms with E-state index < -0.39 is 18.0 Å². The molecule has 7 heteroatoms. The monoisotopic (exact) mass is 306 g/mol. The van der Waals surface area contributed by atoms with Crippen molar-refractivity contribution in [3.8, 4) is 0 Å². The molecule has 1 heterocycles. The lowest BCUT2D eigenvalue weighted by Crippen LogP contribution is -2.53. The molecule has 1 saturated heterocycles. The fraction of sp³-hybridized carbons (Fsp3) is 0.467. The van der Waals surface area contributed by atoms with Crippen molar-refractivity contribution in [2.45, 2.75) is 6.04 Å². The summed E-state index contributed by atoms with van der Waals surface area (Å²) in [7, 11) is 2.04. The summed E-state index contributed by atoms with van der Waals surface area (Å²) in [5, 5.41) is 14.4. The van der Waals surface area contributed by atoms with E-state index in [1.165, 1.54) is 0 Å². The third-order valence-corrected chi connectivity index (χ3v) is 3.67. The van der Waals surface area contributed by atoms with Crippen LogP contribution in [0.1, 0.15) is 0 Å². The van der Waals surface area contributed by atoms with E-state index in [9.17, 15) is 14.7 Å². The SMILES string of the molecule is CN1CCN(CC(NC(=O)Nc2ccccc2)C(=O)O)CC1. The van der Waals surface area contributed by atoms with Gasteiger partial charge in [0.1, 0.15) is 6.04 Å². The van der Waals surface area contributed by atoms with Crippen LogP contribution in [0.25, 0.3) is 0 Å². The molecule has 2 rings (SSSR count). The van der Waals surface area contributed by atoms with Gasteiger partial charge in [0, 0.05) is 38.4 Å². The molecular formula is C15H22N4O3. The number of urea groups is 1. The quantitative estimate of drug-likeness (QED) is 0.738. The molecule has 0 aromatic heterocycles. The van der Waals surface area contributed by atoms with Gasteiger partial charge in [-0.25, -0.2) is 9.59 Å². The summed E-state index contributed by atoms with van der Waals surface area (Å²) < 4.78 is 0. The largest absolute Gasteiger partial charge is 0.480 e. The maximum absolute atomic E-state index is 11.9. The van der Waals surface area contributed by atoms with E-state index in [2.05, 4.69) is 20.4 Å². The van der Waals surface area contributed by atoms with Crippen molar-refractivity contribution in [2.24, 2.45) is 0 Å². The molecule has 3 N–H and O–H groups in total. The normalized spacial score (nSPS) is 17.7. The van der Waals surface area contributed by atoms with E-state index in [0.29, 0.717) is 12.2 Å². The van der Waals surface area contributed by atoms with Gasteiger partial charge in [0.2, 0.25) is 0 Å². The molecule has 0 radical (unpaired) electrons. The Labute approximate surface area is 129 Å². The lowest BCUT2D eigenvalue weighted by Gasteiger charge is -2.33. The number of para-hydroxylation sites is 1. The molecule has 22 heavy (non-hydrogen) atoms. The third kappa shape index (κ3) is 5.01. The molecule has 1 aromatic carbocycles. The van der Waals surface area contributed by atoms with Gasteiger partial charge in [0.15, 0.2) is 0 Å². The van der Waals surface area contributed by atoms with Crippen LogP contribution < -0.4 is 10.6 Å². The number of nitrogens with one attached hydrogen (secondary N) is 2. The van der Waals surface area contributed by atoms with E-state index in [4.69, 9.17) is 0 Å². The fourth-order valence-electron chi connectivity index (χ4n) is 2.32. The summed E-state index contributed by atoms with van der Waals surface area (Å²) in [6.45, 7) is 3.74. The number of carboxylic acid groups (broad SMARTS) is 1. The summed E-state index contributed by atoms with van der Waals surface area (Å²) in [5.74, 6) is -1.03. The highest BCUT2D eigenvalue weighted by atomic mass is 16.4. The maximum atomic E-state index is 11.9. The van der Waals surface area contributed by atoms with Gasteiger partial charge in [0.25, 0.3) is 0 Å². The van der Waals surface area contributed by atoms with Crippen LogP contribution in [0.2, 0.25) is 0 Å². The highest BCUT2D eigenvalue weighted by molar-refractivity contribution is 5.92. The zero-order chi connectivity index (χ0) is 15.9. The van der Waals surface area contributed by atoms with Crippen molar-refractivity contribution in [1.29, 1.82) is 0 Å². The molecule has 1 aliphatic rings. The van der Waals surface area contributed by atoms with Crippen LogP contribution in [0.5, 0.6) is 0 Å². The molecule has 0 spiro atoms. The zero-order valence-corrected chi connectivity index (χ0v) is 12.7. The highest BCUT2D eigenvalue weighted by Gasteiger charge is 2.24. The topological polar surface area (TPSA) is 84.9 Å². The Kier molecular flexibility index (Phi) is 5.74. The first kappa shape index (κ1) is 16.3. The second kappa shape index (κ2) is 7.77. The van der Waals surface area contributed by atoms with Crippen LogP contribution in [0, 0.1) is 0 Å². The summed E-state index contributed by atoms with van der Waals surface area (Å²) >= 11 is 0. The van der Waals surface area contributed by atoms with E-state index in [1.807, 2.05) is 13.1 Å². The highest BCUT2D eigenvalue weighted by Crippen LogP contribution is 2.05. The number of amides is 2. The molecule has 0 bridgehead atoms. The predicted molar refractivity (Wildman–Crippen MR) is 84.0 cm³/mol. The summed E-state index contributed by atoms with van der Waals surface area (Å²) in [6.07, 6.45) is 0. The Morgan fingerprint density at radius 3 is 2.41 bits per heavy atom. The first-order valence-electron chi connectivity index (χ1n) is 7.31. The Bertz CT molecular complexity index is 501. The van der Waals surface area contributed by atoms with E-state index in [1.54, 1.807) is 24.3 Å². The Morgan fingerprint density at radius 1 is 1.18 bits per heavy atom. The standard InChI is InChI=1S/C15H22N4O3/c1-18-7-9-19(10-8-18)11-13(14(20)21)17-15(22)16-12-5-3-2-4-6-12/h2-6,13H,7-11H2,1H3,(H,20,21)(H2,16,17,22). The van der Waals surface area contributed by atoms with Gasteiger partial charge >= 0.3 is 12.0 Å². The molecule has 1 aliphatic heterocycles. The molecule has 0 aliphatic carbocycles. The molecule has 0 saturated carbocycles. The number of carbonyl (C=O) groups excluding carboxylic acids is 1. The molecule has 2 amide bonds. The molecule has 1 fully saturated rings. The van der Waals surface area contributed by atoms with Gasteiger partial charge in [0.05, 0.1) is 0 Å². The van der Waals surface area contributed by atoms with Crippen molar-refractivity contribution in [1.82, 2.24) is 15.1 Å².